The van der Waals surface area contributed by atoms with E-state index in [9.17, 15) is 0 Å². The van der Waals surface area contributed by atoms with Crippen molar-refractivity contribution in [1.29, 1.82) is 0 Å². The van der Waals surface area contributed by atoms with Gasteiger partial charge in [0.15, 0.2) is 5.96 Å². The second-order valence-electron chi connectivity index (χ2n) is 6.33. The summed E-state index contributed by atoms with van der Waals surface area (Å²) < 4.78 is 10.7. The Labute approximate surface area is 144 Å². The zero-order chi connectivity index (χ0) is 16.8. The highest BCUT2D eigenvalue weighted by Gasteiger charge is 2.21. The minimum atomic E-state index is 0.613. The van der Waals surface area contributed by atoms with Crippen molar-refractivity contribution in [3.8, 4) is 5.75 Å². The number of nitrogens with one attached hydrogen (secondary N) is 1. The highest BCUT2D eigenvalue weighted by atomic mass is 16.5. The minimum absolute atomic E-state index is 0.613. The van der Waals surface area contributed by atoms with Crippen LogP contribution in [0.25, 0.3) is 0 Å². The number of anilines is 1. The molecule has 3 rings (SSSR count). The molecule has 2 heterocycles. The number of guanidine groups is 1. The molecule has 0 bridgehead atoms. The van der Waals surface area contributed by atoms with E-state index in [1.54, 1.807) is 7.11 Å². The average molecular weight is 332 g/mol. The molecule has 2 aliphatic rings. The van der Waals surface area contributed by atoms with Crippen molar-refractivity contribution in [1.82, 2.24) is 10.2 Å². The first-order valence-electron chi connectivity index (χ1n) is 8.72. The van der Waals surface area contributed by atoms with Crippen molar-refractivity contribution < 1.29 is 9.47 Å². The summed E-state index contributed by atoms with van der Waals surface area (Å²) in [4.78, 5) is 9.20. The van der Waals surface area contributed by atoms with Gasteiger partial charge in [-0.05, 0) is 30.7 Å². The van der Waals surface area contributed by atoms with Gasteiger partial charge in [-0.25, -0.2) is 0 Å². The number of nitrogens with zero attached hydrogens (tertiary/aromatic N) is 3. The van der Waals surface area contributed by atoms with Gasteiger partial charge in [0.05, 0.1) is 13.7 Å². The van der Waals surface area contributed by atoms with Gasteiger partial charge in [0, 0.05) is 58.0 Å². The Morgan fingerprint density at radius 3 is 2.58 bits per heavy atom. The van der Waals surface area contributed by atoms with Crippen LogP contribution in [0.1, 0.15) is 6.42 Å². The lowest BCUT2D eigenvalue weighted by Crippen LogP contribution is -2.53. The van der Waals surface area contributed by atoms with Crippen LogP contribution in [0.4, 0.5) is 5.69 Å². The van der Waals surface area contributed by atoms with Crippen LogP contribution >= 0.6 is 0 Å². The average Bonchev–Trinajstić information content (AvgIpc) is 3.16. The van der Waals surface area contributed by atoms with E-state index in [-0.39, 0.29) is 0 Å². The molecule has 132 valence electrons. The van der Waals surface area contributed by atoms with Crippen LogP contribution in [0.2, 0.25) is 0 Å². The minimum Gasteiger partial charge on any atom is -0.497 e. The second kappa shape index (κ2) is 8.24. The zero-order valence-corrected chi connectivity index (χ0v) is 14.7. The number of ether oxygens (including phenoxy) is 2. The molecule has 1 aromatic carbocycles. The molecule has 24 heavy (non-hydrogen) atoms. The molecule has 1 unspecified atom stereocenters. The Morgan fingerprint density at radius 2 is 2.00 bits per heavy atom. The van der Waals surface area contributed by atoms with E-state index in [0.717, 1.165) is 64.1 Å². The number of aliphatic imine (C=N–C) groups is 1. The van der Waals surface area contributed by atoms with Crippen molar-refractivity contribution in [2.45, 2.75) is 6.42 Å². The zero-order valence-electron chi connectivity index (χ0n) is 14.7. The monoisotopic (exact) mass is 332 g/mol. The van der Waals surface area contributed by atoms with Crippen LogP contribution in [-0.2, 0) is 4.74 Å². The summed E-state index contributed by atoms with van der Waals surface area (Å²) in [6, 6.07) is 8.29. The largest absolute Gasteiger partial charge is 0.497 e. The highest BCUT2D eigenvalue weighted by Crippen LogP contribution is 2.20. The van der Waals surface area contributed by atoms with E-state index in [2.05, 4.69) is 32.2 Å². The van der Waals surface area contributed by atoms with Gasteiger partial charge < -0.3 is 24.6 Å². The van der Waals surface area contributed by atoms with Crippen molar-refractivity contribution in [3.05, 3.63) is 24.3 Å². The number of piperazine rings is 1. The van der Waals surface area contributed by atoms with E-state index >= 15 is 0 Å². The maximum atomic E-state index is 5.44. The molecule has 0 aromatic heterocycles. The van der Waals surface area contributed by atoms with E-state index in [1.165, 1.54) is 5.69 Å². The molecular weight excluding hydrogens is 304 g/mol. The molecule has 1 aromatic rings. The van der Waals surface area contributed by atoms with Crippen molar-refractivity contribution in [2.24, 2.45) is 10.9 Å². The fourth-order valence-electron chi connectivity index (χ4n) is 3.28. The van der Waals surface area contributed by atoms with Gasteiger partial charge in [-0.2, -0.15) is 0 Å². The molecule has 6 nitrogen and oxygen atoms in total. The summed E-state index contributed by atoms with van der Waals surface area (Å²) in [5, 5.41) is 3.51. The van der Waals surface area contributed by atoms with Crippen LogP contribution in [0.5, 0.6) is 5.75 Å². The van der Waals surface area contributed by atoms with Crippen molar-refractivity contribution in [2.75, 3.05) is 65.0 Å². The molecule has 1 atom stereocenters. The Hall–Kier alpha value is -1.95. The van der Waals surface area contributed by atoms with Crippen LogP contribution < -0.4 is 15.0 Å². The fourth-order valence-corrected chi connectivity index (χ4v) is 3.28. The maximum Gasteiger partial charge on any atom is 0.193 e. The third-order valence-corrected chi connectivity index (χ3v) is 4.80. The number of hydrogen-bond acceptors (Lipinski definition) is 4. The van der Waals surface area contributed by atoms with Crippen LogP contribution in [0, 0.1) is 5.92 Å². The van der Waals surface area contributed by atoms with Crippen LogP contribution in [0.3, 0.4) is 0 Å². The molecule has 2 aliphatic heterocycles. The first-order chi connectivity index (χ1) is 11.8. The number of methoxy groups -OCH3 is 1. The SMILES string of the molecule is CN=C(NCC1CCOC1)N1CCN(c2ccc(OC)cc2)CC1. The quantitative estimate of drug-likeness (QED) is 0.668. The lowest BCUT2D eigenvalue weighted by molar-refractivity contribution is 0.186. The van der Waals surface area contributed by atoms with Crippen LogP contribution in [0.15, 0.2) is 29.3 Å². The highest BCUT2D eigenvalue weighted by molar-refractivity contribution is 5.80. The summed E-state index contributed by atoms with van der Waals surface area (Å²) in [6.45, 7) is 6.67. The fraction of sp³-hybridized carbons (Fsp3) is 0.611. The van der Waals surface area contributed by atoms with Gasteiger partial charge >= 0.3 is 0 Å². The Kier molecular flexibility index (Phi) is 5.80. The molecule has 0 saturated carbocycles. The third-order valence-electron chi connectivity index (χ3n) is 4.80. The van der Waals surface area contributed by atoms with Gasteiger partial charge in [0.2, 0.25) is 0 Å². The summed E-state index contributed by atoms with van der Waals surface area (Å²) >= 11 is 0. The van der Waals surface area contributed by atoms with Gasteiger partial charge in [-0.3, -0.25) is 4.99 Å². The van der Waals surface area contributed by atoms with Crippen LogP contribution in [-0.4, -0.2) is 71.0 Å². The molecular formula is C18H28N4O2. The first-order valence-corrected chi connectivity index (χ1v) is 8.72. The molecule has 1 N–H and O–H groups in total. The van der Waals surface area contributed by atoms with Gasteiger partial charge in [-0.1, -0.05) is 0 Å². The van der Waals surface area contributed by atoms with Gasteiger partial charge in [0.25, 0.3) is 0 Å². The number of hydrogen-bond donors (Lipinski definition) is 1. The Morgan fingerprint density at radius 1 is 1.25 bits per heavy atom. The second-order valence-corrected chi connectivity index (χ2v) is 6.33. The third kappa shape index (κ3) is 4.12. The van der Waals surface area contributed by atoms with Crippen molar-refractivity contribution >= 4 is 11.6 Å². The topological polar surface area (TPSA) is 49.3 Å². The Bertz CT molecular complexity index is 532. The standard InChI is InChI=1S/C18H28N4O2/c1-19-18(20-13-15-7-12-24-14-15)22-10-8-21(9-11-22)16-3-5-17(23-2)6-4-16/h3-6,15H,7-14H2,1-2H3,(H,19,20). The smallest absolute Gasteiger partial charge is 0.193 e. The van der Waals surface area contributed by atoms with Gasteiger partial charge in [-0.15, -0.1) is 0 Å². The normalized spacial score (nSPS) is 21.9. The van der Waals surface area contributed by atoms with E-state index in [4.69, 9.17) is 9.47 Å². The number of rotatable bonds is 4. The van der Waals surface area contributed by atoms with E-state index in [1.807, 2.05) is 19.2 Å². The molecule has 0 spiro atoms. The van der Waals surface area contributed by atoms with E-state index in [0.29, 0.717) is 5.92 Å². The first kappa shape index (κ1) is 16.9. The summed E-state index contributed by atoms with van der Waals surface area (Å²) in [5.74, 6) is 2.52. The predicted octanol–water partition coefficient (Wildman–Crippen LogP) is 1.43. The van der Waals surface area contributed by atoms with Gasteiger partial charge in [0.1, 0.15) is 5.75 Å². The summed E-state index contributed by atoms with van der Waals surface area (Å²) in [7, 11) is 3.56. The summed E-state index contributed by atoms with van der Waals surface area (Å²) in [5.41, 5.74) is 1.25. The molecule has 6 heteroatoms. The molecule has 0 aliphatic carbocycles. The Balaban J connectivity index is 1.49. The predicted molar refractivity (Wildman–Crippen MR) is 97.1 cm³/mol. The maximum absolute atomic E-state index is 5.44. The lowest BCUT2D eigenvalue weighted by atomic mass is 10.1. The molecule has 2 saturated heterocycles. The molecule has 0 radical (unpaired) electrons. The number of benzene rings is 1. The molecule has 0 amide bonds. The van der Waals surface area contributed by atoms with E-state index < -0.39 is 0 Å². The van der Waals surface area contributed by atoms with Crippen molar-refractivity contribution in [3.63, 3.8) is 0 Å². The summed E-state index contributed by atoms with van der Waals surface area (Å²) in [6.07, 6.45) is 1.15. The lowest BCUT2D eigenvalue weighted by Gasteiger charge is -2.38. The molecule has 2 fully saturated rings.